The van der Waals surface area contributed by atoms with Crippen molar-refractivity contribution < 1.29 is 4.79 Å². The van der Waals surface area contributed by atoms with Gasteiger partial charge in [-0.3, -0.25) is 4.79 Å². The van der Waals surface area contributed by atoms with Crippen LogP contribution in [-0.4, -0.2) is 30.8 Å². The summed E-state index contributed by atoms with van der Waals surface area (Å²) in [4.78, 5) is 14.4. The number of nitrogens with zero attached hydrogens (tertiary/aromatic N) is 1. The molecule has 0 amide bonds. The highest BCUT2D eigenvalue weighted by atomic mass is 16.1. The van der Waals surface area contributed by atoms with Gasteiger partial charge in [0, 0.05) is 12.8 Å². The fraction of sp³-hybridized carbons (Fsp3) is 0.891. The first-order chi connectivity index (χ1) is 23.5. The Balaban J connectivity index is -0.000000872. The molecule has 0 fully saturated rings. The van der Waals surface area contributed by atoms with E-state index in [1.807, 2.05) is 0 Å². The van der Waals surface area contributed by atoms with Crippen molar-refractivity contribution >= 4 is 5.78 Å². The summed E-state index contributed by atoms with van der Waals surface area (Å²) in [5.41, 5.74) is 0. The molecule has 0 aliphatic heterocycles. The van der Waals surface area contributed by atoms with Gasteiger partial charge in [-0.1, -0.05) is 207 Å². The lowest BCUT2D eigenvalue weighted by Crippen LogP contribution is -2.20. The minimum absolute atomic E-state index is 0.420. The van der Waals surface area contributed by atoms with Crippen LogP contribution in [0.5, 0.6) is 0 Å². The van der Waals surface area contributed by atoms with E-state index in [4.69, 9.17) is 0 Å². The van der Waals surface area contributed by atoms with Crippen LogP contribution in [0, 0.1) is 5.92 Å². The van der Waals surface area contributed by atoms with Crippen LogP contribution in [0.4, 0.5) is 0 Å². The first kappa shape index (κ1) is 51.5. The minimum Gasteiger partial charge on any atom is -0.306 e. The zero-order valence-electron chi connectivity index (χ0n) is 34.5. The Morgan fingerprint density at radius 2 is 0.854 bits per heavy atom. The van der Waals surface area contributed by atoms with Gasteiger partial charge < -0.3 is 4.90 Å². The molecular weight excluding hydrogens is 583 g/mol. The molecule has 0 atom stereocenters. The first-order valence-corrected chi connectivity index (χ1v) is 21.9. The average molecular weight is 676 g/mol. The molecule has 2 heteroatoms. The Labute approximate surface area is 306 Å². The van der Waals surface area contributed by atoms with Crippen LogP contribution in [0.2, 0.25) is 0 Å². The van der Waals surface area contributed by atoms with Crippen molar-refractivity contribution in [3.8, 4) is 0 Å². The molecule has 0 aliphatic rings. The van der Waals surface area contributed by atoms with Crippen LogP contribution in [0.15, 0.2) is 25.3 Å². The molecule has 0 bridgehead atoms. The molecule has 0 heterocycles. The van der Waals surface area contributed by atoms with Gasteiger partial charge >= 0.3 is 0 Å². The Hall–Kier alpha value is -0.890. The maximum absolute atomic E-state index is 11.9. The molecule has 0 radical (unpaired) electrons. The minimum atomic E-state index is 0.420. The third-order valence-corrected chi connectivity index (χ3v) is 9.73. The number of ketones is 1. The van der Waals surface area contributed by atoms with Gasteiger partial charge in [0.25, 0.3) is 0 Å². The predicted molar refractivity (Wildman–Crippen MR) is 223 cm³/mol. The summed E-state index contributed by atoms with van der Waals surface area (Å²) in [5.74, 6) is 1.39. The molecule has 0 unspecified atom stereocenters. The highest BCUT2D eigenvalue weighted by Gasteiger charge is 2.03. The van der Waals surface area contributed by atoms with Crippen molar-refractivity contribution in [3.63, 3.8) is 0 Å². The van der Waals surface area contributed by atoms with Crippen molar-refractivity contribution in [1.82, 2.24) is 4.90 Å². The molecule has 288 valence electrons. The van der Waals surface area contributed by atoms with Gasteiger partial charge in [0.2, 0.25) is 0 Å². The molecule has 0 N–H and O–H groups in total. The van der Waals surface area contributed by atoms with E-state index in [1.165, 1.54) is 193 Å². The van der Waals surface area contributed by atoms with E-state index in [2.05, 4.69) is 71.9 Å². The highest BCUT2D eigenvalue weighted by molar-refractivity contribution is 5.79. The summed E-state index contributed by atoms with van der Waals surface area (Å²) in [5, 5.41) is 0. The van der Waals surface area contributed by atoms with Crippen LogP contribution < -0.4 is 0 Å². The van der Waals surface area contributed by atoms with E-state index in [9.17, 15) is 4.79 Å². The topological polar surface area (TPSA) is 20.3 Å². The van der Waals surface area contributed by atoms with E-state index in [0.717, 1.165) is 25.2 Å². The monoisotopic (exact) mass is 676 g/mol. The zero-order valence-corrected chi connectivity index (χ0v) is 34.5. The Kier molecular flexibility index (Phi) is 51.7. The van der Waals surface area contributed by atoms with Crippen LogP contribution in [0.1, 0.15) is 240 Å². The van der Waals surface area contributed by atoms with E-state index >= 15 is 0 Å². The quantitative estimate of drug-likeness (QED) is 0.0486. The lowest BCUT2D eigenvalue weighted by atomic mass is 9.96. The number of rotatable bonds is 36. The third kappa shape index (κ3) is 49.5. The summed E-state index contributed by atoms with van der Waals surface area (Å²) in [6, 6.07) is 0. The van der Waals surface area contributed by atoms with Crippen molar-refractivity contribution in [2.45, 2.75) is 240 Å². The van der Waals surface area contributed by atoms with Gasteiger partial charge in [-0.05, 0) is 58.2 Å². The zero-order chi connectivity index (χ0) is 36.2. The largest absolute Gasteiger partial charge is 0.306 e. The summed E-state index contributed by atoms with van der Waals surface area (Å²) in [6.07, 6.45) is 46.9. The normalized spacial score (nSPS) is 11.2. The molecule has 0 aliphatic carbocycles. The highest BCUT2D eigenvalue weighted by Crippen LogP contribution is 2.18. The number of carbonyl (C=O) groups excluding carboxylic acids is 1. The molecule has 2 nitrogen and oxygen atoms in total. The van der Waals surface area contributed by atoms with Crippen molar-refractivity contribution in [2.24, 2.45) is 5.92 Å². The van der Waals surface area contributed by atoms with Crippen LogP contribution >= 0.6 is 0 Å². The summed E-state index contributed by atoms with van der Waals surface area (Å²) in [7, 11) is 2.27. The second-order valence-electron chi connectivity index (χ2n) is 14.9. The van der Waals surface area contributed by atoms with Crippen molar-refractivity contribution in [1.29, 1.82) is 0 Å². The Morgan fingerprint density at radius 3 is 1.29 bits per heavy atom. The van der Waals surface area contributed by atoms with Gasteiger partial charge in [0.15, 0.2) is 0 Å². The molecule has 48 heavy (non-hydrogen) atoms. The summed E-state index contributed by atoms with van der Waals surface area (Å²) >= 11 is 0. The molecular formula is C46H93NO. The maximum Gasteiger partial charge on any atom is 0.136 e. The lowest BCUT2D eigenvalue weighted by Gasteiger charge is -2.16. The number of unbranched alkanes of at least 4 members (excludes halogenated alkanes) is 23. The van der Waals surface area contributed by atoms with E-state index in [0.29, 0.717) is 12.2 Å². The summed E-state index contributed by atoms with van der Waals surface area (Å²) < 4.78 is 0. The van der Waals surface area contributed by atoms with E-state index in [1.54, 1.807) is 0 Å². The predicted octanol–water partition coefficient (Wildman–Crippen LogP) is 16.0. The van der Waals surface area contributed by atoms with Gasteiger partial charge in [-0.2, -0.15) is 0 Å². The third-order valence-electron chi connectivity index (χ3n) is 9.73. The van der Waals surface area contributed by atoms with Crippen LogP contribution in [-0.2, 0) is 4.79 Å². The number of allylic oxidation sites excluding steroid dienone is 2. The fourth-order valence-electron chi connectivity index (χ4n) is 6.32. The Bertz CT molecular complexity index is 583. The Morgan fingerprint density at radius 1 is 0.500 bits per heavy atom. The number of hydrogen-bond donors (Lipinski definition) is 0. The summed E-state index contributed by atoms with van der Waals surface area (Å²) in [6.45, 7) is 20.1. The van der Waals surface area contributed by atoms with Gasteiger partial charge in [0.05, 0.1) is 0 Å². The second kappa shape index (κ2) is 48.2. The van der Waals surface area contributed by atoms with Crippen LogP contribution in [0.3, 0.4) is 0 Å². The average Bonchev–Trinajstić information content (AvgIpc) is 3.09. The molecule has 0 saturated heterocycles. The van der Waals surface area contributed by atoms with Gasteiger partial charge in [0.1, 0.15) is 5.78 Å². The van der Waals surface area contributed by atoms with Crippen molar-refractivity contribution in [2.75, 3.05) is 20.1 Å². The number of Topliss-reactive ketones (excluding diaryl/α,β-unsaturated/α-hetero) is 1. The molecule has 0 aromatic rings. The molecule has 0 rings (SSSR count). The fourth-order valence-corrected chi connectivity index (χ4v) is 6.32. The van der Waals surface area contributed by atoms with E-state index < -0.39 is 0 Å². The number of carbonyl (C=O) groups is 1. The molecule has 0 aromatic carbocycles. The smallest absolute Gasteiger partial charge is 0.136 e. The maximum atomic E-state index is 11.9. The van der Waals surface area contributed by atoms with E-state index in [-0.39, 0.29) is 0 Å². The number of hydrogen-bond acceptors (Lipinski definition) is 2. The SMILES string of the molecule is C=C.CCCCCC/C=C/CC(=O)CCCCCCCN(C)CCCCCCCC.CCCCCCCCC(C)CCCCCCCC. The van der Waals surface area contributed by atoms with Gasteiger partial charge in [-0.25, -0.2) is 0 Å². The standard InChI is InChI=1S/C26H51NO.C18H38.C2H4/c1-4-6-8-10-12-14-18-22-26(28)23-19-15-13-17-21-25-27(3)24-20-16-11-9-7-5-2;1-4-6-8-10-12-14-16-18(3)17-15-13-11-9-7-5-2;1-2/h14,18H,4-13,15-17,19-25H2,1-3H3;18H,4-17H2,1-3H3;1-2H2/b18-14+;;. The molecule has 0 aromatic heterocycles. The molecule has 0 saturated carbocycles. The second-order valence-corrected chi connectivity index (χ2v) is 14.9. The van der Waals surface area contributed by atoms with Gasteiger partial charge in [-0.15, -0.1) is 13.2 Å². The van der Waals surface area contributed by atoms with Crippen LogP contribution in [0.25, 0.3) is 0 Å². The first-order valence-electron chi connectivity index (χ1n) is 21.9. The van der Waals surface area contributed by atoms with Crippen molar-refractivity contribution in [3.05, 3.63) is 25.3 Å². The molecule has 0 spiro atoms. The lowest BCUT2D eigenvalue weighted by molar-refractivity contribution is -0.118.